The van der Waals surface area contributed by atoms with Crippen molar-refractivity contribution in [3.8, 4) is 5.75 Å². The van der Waals surface area contributed by atoms with Gasteiger partial charge in [0, 0.05) is 29.6 Å². The topological polar surface area (TPSA) is 54.0 Å². The van der Waals surface area contributed by atoms with Crippen LogP contribution in [0.3, 0.4) is 0 Å². The first kappa shape index (κ1) is 19.0. The Balaban J connectivity index is 1.30. The molecule has 6 rings (SSSR count). The predicted octanol–water partition coefficient (Wildman–Crippen LogP) is 5.68. The quantitative estimate of drug-likeness (QED) is 0.394. The minimum atomic E-state index is 0.348. The number of aromatic nitrogens is 3. The first-order chi connectivity index (χ1) is 14.9. The van der Waals surface area contributed by atoms with Crippen LogP contribution in [-0.4, -0.2) is 37.6 Å². The molecule has 6 heteroatoms. The Bertz CT molecular complexity index is 1340. The van der Waals surface area contributed by atoms with E-state index in [4.69, 9.17) is 26.9 Å². The largest absolute Gasteiger partial charge is 0.432 e. The second kappa shape index (κ2) is 6.63. The zero-order valence-electron chi connectivity index (χ0n) is 18.1. The summed E-state index contributed by atoms with van der Waals surface area (Å²) in [7, 11) is 0. The Hall–Kier alpha value is -2.73. The molecule has 2 aliphatic rings. The standard InChI is InChI=1S/C25H26N4OS/c1-14-15-10-16(12-25(14,2)3)29(13-15)24(31)30-17-8-9-20-21(11-17)26-22-18-6-4-5-7-19(18)27-23(22)28-20/h4-9,11,14-16H,10,12-13H2,1-3H3,(H,27,28)/t14-,15-,16-/m0/s1. The van der Waals surface area contributed by atoms with Crippen molar-refractivity contribution >= 4 is 50.5 Å². The van der Waals surface area contributed by atoms with Crippen molar-refractivity contribution in [3.63, 3.8) is 0 Å². The van der Waals surface area contributed by atoms with E-state index in [0.717, 1.165) is 51.8 Å². The zero-order valence-corrected chi connectivity index (χ0v) is 18.9. The number of para-hydroxylation sites is 1. The summed E-state index contributed by atoms with van der Waals surface area (Å²) in [6.45, 7) is 8.16. The third-order valence-electron chi connectivity index (χ3n) is 7.66. The molecule has 2 fully saturated rings. The van der Waals surface area contributed by atoms with Gasteiger partial charge in [0.25, 0.3) is 5.17 Å². The molecule has 2 aromatic carbocycles. The maximum Gasteiger partial charge on any atom is 0.265 e. The van der Waals surface area contributed by atoms with E-state index in [0.29, 0.717) is 28.5 Å². The first-order valence-electron chi connectivity index (χ1n) is 11.1. The number of aromatic amines is 1. The van der Waals surface area contributed by atoms with Gasteiger partial charge in [-0.25, -0.2) is 9.97 Å². The summed E-state index contributed by atoms with van der Waals surface area (Å²) in [5.74, 6) is 2.11. The van der Waals surface area contributed by atoms with E-state index in [1.165, 1.54) is 6.42 Å². The number of hydrogen-bond acceptors (Lipinski definition) is 4. The minimum absolute atomic E-state index is 0.348. The molecular weight excluding hydrogens is 404 g/mol. The highest BCUT2D eigenvalue weighted by Gasteiger charge is 2.48. The molecule has 3 atom stereocenters. The van der Waals surface area contributed by atoms with Crippen LogP contribution in [0.5, 0.6) is 5.75 Å². The Labute approximate surface area is 186 Å². The van der Waals surface area contributed by atoms with Crippen LogP contribution in [-0.2, 0) is 0 Å². The number of H-pyrrole nitrogens is 1. The van der Waals surface area contributed by atoms with Gasteiger partial charge in [0.05, 0.1) is 11.0 Å². The number of ether oxygens (including phenoxy) is 1. The molecule has 0 unspecified atom stereocenters. The molecule has 31 heavy (non-hydrogen) atoms. The summed E-state index contributed by atoms with van der Waals surface area (Å²) < 4.78 is 6.18. The lowest BCUT2D eigenvalue weighted by atomic mass is 9.65. The van der Waals surface area contributed by atoms with E-state index in [1.54, 1.807) is 0 Å². The van der Waals surface area contributed by atoms with Crippen LogP contribution >= 0.6 is 12.2 Å². The molecule has 2 aromatic heterocycles. The van der Waals surface area contributed by atoms with Gasteiger partial charge in [0.15, 0.2) is 5.65 Å². The normalized spacial score (nSPS) is 24.9. The van der Waals surface area contributed by atoms with Gasteiger partial charge in [-0.2, -0.15) is 0 Å². The van der Waals surface area contributed by atoms with Crippen molar-refractivity contribution in [2.75, 3.05) is 6.54 Å². The molecule has 0 amide bonds. The van der Waals surface area contributed by atoms with Gasteiger partial charge in [-0.15, -0.1) is 0 Å². The van der Waals surface area contributed by atoms with Gasteiger partial charge < -0.3 is 14.6 Å². The molecule has 3 heterocycles. The number of likely N-dealkylation sites (tertiary alicyclic amines) is 1. The second-order valence-corrected chi connectivity index (χ2v) is 10.2. The summed E-state index contributed by atoms with van der Waals surface area (Å²) in [6.07, 6.45) is 2.38. The van der Waals surface area contributed by atoms with E-state index >= 15 is 0 Å². The predicted molar refractivity (Wildman–Crippen MR) is 128 cm³/mol. The van der Waals surface area contributed by atoms with Gasteiger partial charge in [-0.05, 0) is 60.5 Å². The van der Waals surface area contributed by atoms with E-state index in [9.17, 15) is 0 Å². The average molecular weight is 431 g/mol. The first-order valence-corrected chi connectivity index (χ1v) is 11.5. The molecule has 5 nitrogen and oxygen atoms in total. The van der Waals surface area contributed by atoms with Crippen LogP contribution in [0.2, 0.25) is 0 Å². The van der Waals surface area contributed by atoms with Crippen LogP contribution < -0.4 is 4.74 Å². The highest BCUT2D eigenvalue weighted by atomic mass is 32.1. The average Bonchev–Trinajstić information content (AvgIpc) is 3.29. The lowest BCUT2D eigenvalue weighted by molar-refractivity contribution is 0.106. The Morgan fingerprint density at radius 3 is 2.87 bits per heavy atom. The van der Waals surface area contributed by atoms with Crippen molar-refractivity contribution in [2.45, 2.75) is 39.7 Å². The number of thiocarbonyl (C=S) groups is 1. The van der Waals surface area contributed by atoms with E-state index < -0.39 is 0 Å². The Morgan fingerprint density at radius 1 is 1.16 bits per heavy atom. The molecule has 2 bridgehead atoms. The Morgan fingerprint density at radius 2 is 2.00 bits per heavy atom. The molecule has 1 aliphatic heterocycles. The fraction of sp³-hybridized carbons (Fsp3) is 0.400. The van der Waals surface area contributed by atoms with Crippen LogP contribution in [0, 0.1) is 17.3 Å². The van der Waals surface area contributed by atoms with Crippen molar-refractivity contribution in [1.82, 2.24) is 19.9 Å². The maximum absolute atomic E-state index is 6.18. The van der Waals surface area contributed by atoms with Gasteiger partial charge in [-0.3, -0.25) is 0 Å². The molecular formula is C25H26N4OS. The highest BCUT2D eigenvalue weighted by Crippen LogP contribution is 2.49. The van der Waals surface area contributed by atoms with E-state index in [2.05, 4.69) is 36.7 Å². The molecule has 0 radical (unpaired) electrons. The summed E-state index contributed by atoms with van der Waals surface area (Å²) >= 11 is 5.75. The molecule has 1 saturated heterocycles. The summed E-state index contributed by atoms with van der Waals surface area (Å²) in [5.41, 5.74) is 4.73. The SMILES string of the molecule is C[C@H]1[C@H]2C[C@@H](CC1(C)C)N(C(=S)Oc1ccc3nc4[nH]c5ccccc5c4nc3c1)C2. The monoisotopic (exact) mass is 430 g/mol. The summed E-state index contributed by atoms with van der Waals surface area (Å²) in [5, 5.41) is 1.66. The molecule has 1 N–H and O–H groups in total. The number of hydrogen-bond donors (Lipinski definition) is 1. The highest BCUT2D eigenvalue weighted by molar-refractivity contribution is 7.80. The number of fused-ring (bicyclic) bond motifs is 6. The van der Waals surface area contributed by atoms with Gasteiger partial charge in [0.2, 0.25) is 0 Å². The summed E-state index contributed by atoms with van der Waals surface area (Å²) in [4.78, 5) is 15.3. The second-order valence-electron chi connectivity index (χ2n) is 9.89. The fourth-order valence-electron chi connectivity index (χ4n) is 5.62. The van der Waals surface area contributed by atoms with Crippen LogP contribution in [0.1, 0.15) is 33.6 Å². The van der Waals surface area contributed by atoms with Gasteiger partial charge in [-0.1, -0.05) is 39.0 Å². The van der Waals surface area contributed by atoms with Crippen LogP contribution in [0.4, 0.5) is 0 Å². The minimum Gasteiger partial charge on any atom is -0.432 e. The lowest BCUT2D eigenvalue weighted by Crippen LogP contribution is -2.40. The fourth-order valence-corrected chi connectivity index (χ4v) is 5.94. The Kier molecular flexibility index (Phi) is 4.06. The van der Waals surface area contributed by atoms with Crippen LogP contribution in [0.25, 0.3) is 33.1 Å². The number of nitrogens with one attached hydrogen (secondary N) is 1. The van der Waals surface area contributed by atoms with Crippen molar-refractivity contribution in [2.24, 2.45) is 17.3 Å². The molecule has 0 spiro atoms. The number of benzene rings is 2. The van der Waals surface area contributed by atoms with Gasteiger partial charge >= 0.3 is 0 Å². The van der Waals surface area contributed by atoms with Crippen molar-refractivity contribution < 1.29 is 4.74 Å². The van der Waals surface area contributed by atoms with E-state index in [-0.39, 0.29) is 0 Å². The van der Waals surface area contributed by atoms with Gasteiger partial charge in [0.1, 0.15) is 11.3 Å². The molecule has 158 valence electrons. The van der Waals surface area contributed by atoms with Crippen molar-refractivity contribution in [1.29, 1.82) is 0 Å². The third kappa shape index (κ3) is 2.99. The lowest BCUT2D eigenvalue weighted by Gasteiger charge is -2.40. The number of nitrogens with zero attached hydrogens (tertiary/aromatic N) is 3. The smallest absolute Gasteiger partial charge is 0.265 e. The maximum atomic E-state index is 6.18. The molecule has 1 saturated carbocycles. The summed E-state index contributed by atoms with van der Waals surface area (Å²) in [6, 6.07) is 14.5. The third-order valence-corrected chi connectivity index (χ3v) is 7.98. The number of rotatable bonds is 1. The molecule has 1 aliphatic carbocycles. The van der Waals surface area contributed by atoms with Crippen molar-refractivity contribution in [3.05, 3.63) is 42.5 Å². The van der Waals surface area contributed by atoms with E-state index in [1.807, 2.05) is 36.4 Å². The zero-order chi connectivity index (χ0) is 21.3. The van der Waals surface area contributed by atoms with Crippen LogP contribution in [0.15, 0.2) is 42.5 Å². The molecule has 4 aromatic rings.